The molecule has 0 saturated carbocycles. The van der Waals surface area contributed by atoms with Gasteiger partial charge in [-0.25, -0.2) is 4.98 Å². The normalized spacial score (nSPS) is 19.8. The van der Waals surface area contributed by atoms with Crippen molar-refractivity contribution in [3.05, 3.63) is 34.3 Å². The molecule has 1 aromatic heterocycles. The van der Waals surface area contributed by atoms with E-state index < -0.39 is 17.1 Å². The van der Waals surface area contributed by atoms with Crippen molar-refractivity contribution in [2.75, 3.05) is 0 Å². The predicted octanol–water partition coefficient (Wildman–Crippen LogP) is 3.03. The first-order chi connectivity index (χ1) is 11.9. The zero-order valence-electron chi connectivity index (χ0n) is 16.0. The predicted molar refractivity (Wildman–Crippen MR) is 104 cm³/mol. The first-order valence-corrected chi connectivity index (χ1v) is 9.38. The van der Waals surface area contributed by atoms with Crippen LogP contribution in [0, 0.1) is 13.8 Å². The van der Waals surface area contributed by atoms with Gasteiger partial charge in [0.25, 0.3) is 0 Å². The Labute approximate surface area is 159 Å². The van der Waals surface area contributed by atoms with E-state index in [1.54, 1.807) is 27.7 Å². The van der Waals surface area contributed by atoms with Gasteiger partial charge in [0.1, 0.15) is 30.0 Å². The maximum absolute atomic E-state index is 13.0. The van der Waals surface area contributed by atoms with Crippen molar-refractivity contribution in [3.8, 4) is 10.6 Å². The smallest absolute Gasteiger partial charge is 0.180 e. The van der Waals surface area contributed by atoms with Gasteiger partial charge >= 0.3 is 0 Å². The zero-order valence-corrected chi connectivity index (χ0v) is 16.8. The van der Waals surface area contributed by atoms with Gasteiger partial charge in [0.2, 0.25) is 0 Å². The Bertz CT molecular complexity index is 888. The van der Waals surface area contributed by atoms with Crippen molar-refractivity contribution < 1.29 is 14.3 Å². The second-order valence-corrected chi connectivity index (χ2v) is 9.02. The van der Waals surface area contributed by atoms with Crippen LogP contribution in [0.5, 0.6) is 0 Å². The molecule has 2 aromatic rings. The molecule has 134 valence electrons. The van der Waals surface area contributed by atoms with Gasteiger partial charge < -0.3 is 4.74 Å². The highest BCUT2D eigenvalue weighted by Gasteiger charge is 2.54. The molecular formula is C20H22BNO3S. The molecule has 2 heterocycles. The highest BCUT2D eigenvalue weighted by molar-refractivity contribution is 7.15. The van der Waals surface area contributed by atoms with Crippen molar-refractivity contribution in [3.63, 3.8) is 0 Å². The Kier molecular flexibility index (Phi) is 4.48. The lowest BCUT2D eigenvalue weighted by atomic mass is 9.76. The molecule has 1 fully saturated rings. The van der Waals surface area contributed by atoms with E-state index in [0.29, 0.717) is 11.2 Å². The third-order valence-electron chi connectivity index (χ3n) is 4.81. The highest BCUT2D eigenvalue weighted by Crippen LogP contribution is 2.41. The summed E-state index contributed by atoms with van der Waals surface area (Å²) in [4.78, 5) is 31.5. The molecule has 0 atom stereocenters. The van der Waals surface area contributed by atoms with Crippen LogP contribution in [0.2, 0.25) is 0 Å². The van der Waals surface area contributed by atoms with Crippen LogP contribution in [0.15, 0.2) is 18.2 Å². The molecule has 4 nitrogen and oxygen atoms in total. The number of hydrogen-bond donors (Lipinski definition) is 0. The number of aromatic nitrogens is 1. The van der Waals surface area contributed by atoms with Crippen LogP contribution in [-0.2, 0) is 14.3 Å². The second kappa shape index (κ2) is 6.13. The van der Waals surface area contributed by atoms with Crippen molar-refractivity contribution >= 4 is 36.2 Å². The van der Waals surface area contributed by atoms with E-state index in [-0.39, 0.29) is 11.6 Å². The molecule has 1 aromatic carbocycles. The van der Waals surface area contributed by atoms with Crippen molar-refractivity contribution in [1.29, 1.82) is 0 Å². The summed E-state index contributed by atoms with van der Waals surface area (Å²) in [6.07, 6.45) is 0. The fraction of sp³-hybridized carbons (Fsp3) is 0.450. The summed E-state index contributed by atoms with van der Waals surface area (Å²) < 4.78 is 5.76. The number of carbonyl (C=O) groups excluding carboxylic acids is 2. The first-order valence-electron chi connectivity index (χ1n) is 8.56. The fourth-order valence-electron chi connectivity index (χ4n) is 3.52. The quantitative estimate of drug-likeness (QED) is 0.605. The Balaban J connectivity index is 2.11. The molecule has 0 spiro atoms. The van der Waals surface area contributed by atoms with E-state index in [4.69, 9.17) is 17.6 Å². The molecule has 6 heteroatoms. The fourth-order valence-corrected chi connectivity index (χ4v) is 4.56. The largest absolute Gasteiger partial charge is 0.354 e. The number of rotatable bonds is 2. The van der Waals surface area contributed by atoms with Crippen molar-refractivity contribution in [2.45, 2.75) is 58.7 Å². The molecule has 1 aliphatic heterocycles. The number of Topliss-reactive ketones (excluding diaryl/α,β-unsaturated/α-hetero) is 2. The van der Waals surface area contributed by atoms with Gasteiger partial charge in [-0.05, 0) is 47.1 Å². The lowest BCUT2D eigenvalue weighted by Crippen LogP contribution is -2.58. The molecule has 0 amide bonds. The summed E-state index contributed by atoms with van der Waals surface area (Å²) in [6, 6.07) is 5.65. The van der Waals surface area contributed by atoms with Gasteiger partial charge in [-0.15, -0.1) is 11.3 Å². The number of thiazole rings is 1. The number of ether oxygens (including phenoxy) is 1. The summed E-state index contributed by atoms with van der Waals surface area (Å²) in [7, 11) is 5.83. The minimum absolute atomic E-state index is 0.240. The molecule has 0 bridgehead atoms. The van der Waals surface area contributed by atoms with Crippen LogP contribution in [0.1, 0.15) is 49.7 Å². The van der Waals surface area contributed by atoms with Gasteiger partial charge in [-0.3, -0.25) is 9.59 Å². The molecule has 1 aliphatic rings. The monoisotopic (exact) mass is 367 g/mol. The Morgan fingerprint density at radius 1 is 1.08 bits per heavy atom. The second-order valence-electron chi connectivity index (χ2n) is 7.82. The summed E-state index contributed by atoms with van der Waals surface area (Å²) >= 11 is 1.49. The molecule has 3 rings (SSSR count). The number of ketones is 2. The van der Waals surface area contributed by atoms with Gasteiger partial charge in [0.15, 0.2) is 11.6 Å². The summed E-state index contributed by atoms with van der Waals surface area (Å²) in [5, 5.41) is 0.790. The van der Waals surface area contributed by atoms with E-state index in [0.717, 1.165) is 21.0 Å². The molecule has 0 unspecified atom stereocenters. The molecule has 26 heavy (non-hydrogen) atoms. The standard InChI is InChI=1S/C20H22BNO3S/c1-10-9-12(21)7-8-13(10)18-22-15(11(2)26-18)14-16(23)19(3,4)25-20(5,6)17(14)24/h7-9,14H,1-6H3. The highest BCUT2D eigenvalue weighted by atomic mass is 32.1. The molecule has 1 saturated heterocycles. The maximum atomic E-state index is 13.0. The van der Waals surface area contributed by atoms with E-state index in [1.807, 2.05) is 32.0 Å². The third-order valence-corrected chi connectivity index (χ3v) is 5.83. The van der Waals surface area contributed by atoms with Crippen LogP contribution in [-0.4, -0.2) is 35.6 Å². The van der Waals surface area contributed by atoms with Gasteiger partial charge in [-0.2, -0.15) is 0 Å². The van der Waals surface area contributed by atoms with Crippen molar-refractivity contribution in [1.82, 2.24) is 4.98 Å². The van der Waals surface area contributed by atoms with Crippen LogP contribution in [0.3, 0.4) is 0 Å². The summed E-state index contributed by atoms with van der Waals surface area (Å²) in [5.41, 5.74) is 1.14. The number of nitrogens with zero attached hydrogens (tertiary/aromatic N) is 1. The summed E-state index contributed by atoms with van der Waals surface area (Å²) in [5.74, 6) is -1.38. The molecule has 2 radical (unpaired) electrons. The van der Waals surface area contributed by atoms with Crippen LogP contribution < -0.4 is 5.46 Å². The number of aryl methyl sites for hydroxylation is 2. The topological polar surface area (TPSA) is 56.3 Å². The SMILES string of the molecule is [B]c1ccc(-c2nc(C3C(=O)C(C)(C)OC(C)(C)C3=O)c(C)s2)c(C)c1. The van der Waals surface area contributed by atoms with Crippen molar-refractivity contribution in [2.24, 2.45) is 0 Å². The van der Waals surface area contributed by atoms with E-state index in [9.17, 15) is 9.59 Å². The Morgan fingerprint density at radius 2 is 1.65 bits per heavy atom. The first kappa shape index (κ1) is 19.0. The number of hydrogen-bond acceptors (Lipinski definition) is 5. The average Bonchev–Trinajstić information content (AvgIpc) is 2.86. The van der Waals surface area contributed by atoms with E-state index in [1.165, 1.54) is 11.3 Å². The Morgan fingerprint density at radius 3 is 2.19 bits per heavy atom. The third kappa shape index (κ3) is 3.05. The Hall–Kier alpha value is -1.79. The molecule has 0 aliphatic carbocycles. The summed E-state index contributed by atoms with van der Waals surface area (Å²) in [6.45, 7) is 10.7. The molecular weight excluding hydrogens is 345 g/mol. The zero-order chi connectivity index (χ0) is 19.4. The van der Waals surface area contributed by atoms with Gasteiger partial charge in [0.05, 0.1) is 5.69 Å². The van der Waals surface area contributed by atoms with Gasteiger partial charge in [-0.1, -0.05) is 23.7 Å². The lowest BCUT2D eigenvalue weighted by Gasteiger charge is -2.42. The minimum Gasteiger partial charge on any atom is -0.354 e. The minimum atomic E-state index is -1.03. The average molecular weight is 367 g/mol. The number of carbonyl (C=O) groups is 2. The van der Waals surface area contributed by atoms with Crippen LogP contribution in [0.4, 0.5) is 0 Å². The van der Waals surface area contributed by atoms with Crippen LogP contribution in [0.25, 0.3) is 10.6 Å². The lowest BCUT2D eigenvalue weighted by molar-refractivity contribution is -0.184. The maximum Gasteiger partial charge on any atom is 0.180 e. The number of benzene rings is 1. The molecule has 0 N–H and O–H groups in total. The van der Waals surface area contributed by atoms with Gasteiger partial charge in [0, 0.05) is 10.4 Å². The van der Waals surface area contributed by atoms with E-state index >= 15 is 0 Å². The van der Waals surface area contributed by atoms with E-state index in [2.05, 4.69) is 0 Å². The van der Waals surface area contributed by atoms with Crippen LogP contribution >= 0.6 is 11.3 Å².